The van der Waals surface area contributed by atoms with Crippen molar-refractivity contribution in [2.45, 2.75) is 20.0 Å². The molecule has 0 radical (unpaired) electrons. The second-order valence-electron chi connectivity index (χ2n) is 4.10. The predicted octanol–water partition coefficient (Wildman–Crippen LogP) is 2.30. The first-order valence-corrected chi connectivity index (χ1v) is 7.33. The van der Waals surface area contributed by atoms with Crippen molar-refractivity contribution in [3.63, 3.8) is 0 Å². The number of aromatic nitrogens is 1. The van der Waals surface area contributed by atoms with Gasteiger partial charge in [0.15, 0.2) is 0 Å². The summed E-state index contributed by atoms with van der Waals surface area (Å²) >= 11 is 4.93. The van der Waals surface area contributed by atoms with Crippen LogP contribution in [-0.4, -0.2) is 10.5 Å². The van der Waals surface area contributed by atoms with Crippen molar-refractivity contribution in [2.24, 2.45) is 0 Å². The minimum atomic E-state index is -0.190. The fourth-order valence-electron chi connectivity index (χ4n) is 1.60. The molecule has 2 rings (SSSR count). The van der Waals surface area contributed by atoms with Gasteiger partial charge in [0, 0.05) is 26.5 Å². The summed E-state index contributed by atoms with van der Waals surface area (Å²) in [4.78, 5) is 25.6. The first-order chi connectivity index (χ1) is 9.04. The second kappa shape index (κ2) is 6.16. The highest BCUT2D eigenvalue weighted by atomic mass is 79.9. The Balaban J connectivity index is 1.94. The molecule has 6 heteroatoms. The largest absolute Gasteiger partial charge is 0.350 e. The smallest absolute Gasteiger partial charge is 0.251 e. The third-order valence-electron chi connectivity index (χ3n) is 2.52. The lowest BCUT2D eigenvalue weighted by atomic mass is 10.4. The number of amides is 1. The summed E-state index contributed by atoms with van der Waals surface area (Å²) in [6, 6.07) is 7.10. The molecule has 1 amide bonds. The van der Waals surface area contributed by atoms with Crippen LogP contribution in [0.25, 0.3) is 0 Å². The van der Waals surface area contributed by atoms with E-state index < -0.39 is 0 Å². The summed E-state index contributed by atoms with van der Waals surface area (Å²) in [5.74, 6) is -0.175. The van der Waals surface area contributed by atoms with E-state index in [0.29, 0.717) is 6.54 Å². The Labute approximate surface area is 123 Å². The van der Waals surface area contributed by atoms with Crippen LogP contribution in [0.5, 0.6) is 0 Å². The quantitative estimate of drug-likeness (QED) is 0.928. The molecule has 19 heavy (non-hydrogen) atoms. The highest BCUT2D eigenvalue weighted by molar-refractivity contribution is 9.10. The van der Waals surface area contributed by atoms with Crippen LogP contribution in [0.15, 0.2) is 39.7 Å². The van der Waals surface area contributed by atoms with Gasteiger partial charge in [0.05, 0.1) is 6.54 Å². The summed E-state index contributed by atoms with van der Waals surface area (Å²) in [7, 11) is 0. The summed E-state index contributed by atoms with van der Waals surface area (Å²) in [5.41, 5.74) is -0.190. The highest BCUT2D eigenvalue weighted by Gasteiger charge is 2.05. The van der Waals surface area contributed by atoms with Gasteiger partial charge in [-0.15, -0.1) is 11.3 Å². The zero-order valence-corrected chi connectivity index (χ0v) is 12.8. The van der Waals surface area contributed by atoms with E-state index in [-0.39, 0.29) is 18.0 Å². The van der Waals surface area contributed by atoms with Gasteiger partial charge in [-0.3, -0.25) is 9.59 Å². The maximum Gasteiger partial charge on any atom is 0.251 e. The molecular formula is C13H13BrN2O2S. The lowest BCUT2D eigenvalue weighted by Crippen LogP contribution is -2.31. The normalized spacial score (nSPS) is 10.4. The molecule has 0 unspecified atom stereocenters. The number of rotatable bonds is 4. The van der Waals surface area contributed by atoms with Gasteiger partial charge in [-0.25, -0.2) is 0 Å². The van der Waals surface area contributed by atoms with Crippen molar-refractivity contribution in [3.05, 3.63) is 55.0 Å². The third kappa shape index (κ3) is 4.04. The number of hydrogen-bond donors (Lipinski definition) is 1. The number of thiophene rings is 1. The maximum atomic E-state index is 11.8. The molecular weight excluding hydrogens is 328 g/mol. The Bertz CT molecular complexity index is 648. The van der Waals surface area contributed by atoms with Crippen molar-refractivity contribution in [2.75, 3.05) is 0 Å². The van der Waals surface area contributed by atoms with Crippen molar-refractivity contribution in [1.29, 1.82) is 0 Å². The van der Waals surface area contributed by atoms with E-state index in [1.54, 1.807) is 23.6 Å². The first kappa shape index (κ1) is 14.0. The fourth-order valence-corrected chi connectivity index (χ4v) is 2.81. The molecule has 0 atom stereocenters. The number of hydrogen-bond acceptors (Lipinski definition) is 3. The van der Waals surface area contributed by atoms with Crippen molar-refractivity contribution >= 4 is 33.2 Å². The van der Waals surface area contributed by atoms with Crippen LogP contribution in [0, 0.1) is 6.92 Å². The standard InChI is InChI=1S/C13H13BrN2O2S/c1-9-2-4-11(19-9)6-15-12(17)8-16-7-10(14)3-5-13(16)18/h2-5,7H,6,8H2,1H3,(H,15,17). The number of halogens is 1. The third-order valence-corrected chi connectivity index (χ3v) is 3.99. The molecule has 2 heterocycles. The van der Waals surface area contributed by atoms with E-state index in [1.165, 1.54) is 15.5 Å². The minimum absolute atomic E-state index is 0.0304. The summed E-state index contributed by atoms with van der Waals surface area (Å²) in [6.45, 7) is 2.56. The molecule has 0 aliphatic carbocycles. The van der Waals surface area contributed by atoms with Gasteiger partial charge < -0.3 is 9.88 Å². The first-order valence-electron chi connectivity index (χ1n) is 5.72. The highest BCUT2D eigenvalue weighted by Crippen LogP contribution is 2.14. The van der Waals surface area contributed by atoms with E-state index in [2.05, 4.69) is 21.2 Å². The zero-order valence-electron chi connectivity index (χ0n) is 10.4. The van der Waals surface area contributed by atoms with Crippen molar-refractivity contribution < 1.29 is 4.79 Å². The molecule has 0 fully saturated rings. The number of carbonyl (C=O) groups excluding carboxylic acids is 1. The van der Waals surface area contributed by atoms with E-state index in [4.69, 9.17) is 0 Å². The van der Waals surface area contributed by atoms with E-state index in [9.17, 15) is 9.59 Å². The van der Waals surface area contributed by atoms with Crippen LogP contribution in [0.1, 0.15) is 9.75 Å². The molecule has 0 spiro atoms. The molecule has 4 nitrogen and oxygen atoms in total. The molecule has 0 bridgehead atoms. The lowest BCUT2D eigenvalue weighted by Gasteiger charge is -2.06. The SMILES string of the molecule is Cc1ccc(CNC(=O)Cn2cc(Br)ccc2=O)s1. The molecule has 0 aliphatic heterocycles. The van der Waals surface area contributed by atoms with E-state index in [1.807, 2.05) is 19.1 Å². The Morgan fingerprint density at radius 1 is 1.37 bits per heavy atom. The van der Waals surface area contributed by atoms with Crippen molar-refractivity contribution in [1.82, 2.24) is 9.88 Å². The van der Waals surface area contributed by atoms with Crippen LogP contribution in [-0.2, 0) is 17.9 Å². The minimum Gasteiger partial charge on any atom is -0.350 e. The summed E-state index contributed by atoms with van der Waals surface area (Å²) in [5, 5.41) is 2.80. The Morgan fingerprint density at radius 2 is 2.16 bits per heavy atom. The van der Waals surface area contributed by atoms with E-state index >= 15 is 0 Å². The zero-order chi connectivity index (χ0) is 13.8. The predicted molar refractivity (Wildman–Crippen MR) is 79.3 cm³/mol. The molecule has 2 aromatic rings. The van der Waals surface area contributed by atoms with Gasteiger partial charge in [-0.1, -0.05) is 0 Å². The summed E-state index contributed by atoms with van der Waals surface area (Å²) < 4.78 is 2.15. The van der Waals surface area contributed by atoms with Crippen LogP contribution in [0.3, 0.4) is 0 Å². The van der Waals surface area contributed by atoms with Gasteiger partial charge in [-0.05, 0) is 41.1 Å². The van der Waals surface area contributed by atoms with Crippen LogP contribution in [0.4, 0.5) is 0 Å². The molecule has 0 saturated carbocycles. The topological polar surface area (TPSA) is 51.1 Å². The summed E-state index contributed by atoms with van der Waals surface area (Å²) in [6.07, 6.45) is 1.61. The average Bonchev–Trinajstić information content (AvgIpc) is 2.77. The molecule has 1 N–H and O–H groups in total. The number of nitrogens with zero attached hydrogens (tertiary/aromatic N) is 1. The van der Waals surface area contributed by atoms with Gasteiger partial charge in [0.25, 0.3) is 5.56 Å². The molecule has 0 saturated heterocycles. The van der Waals surface area contributed by atoms with Crippen molar-refractivity contribution in [3.8, 4) is 0 Å². The van der Waals surface area contributed by atoms with Gasteiger partial charge in [0.2, 0.25) is 5.91 Å². The van der Waals surface area contributed by atoms with Gasteiger partial charge in [-0.2, -0.15) is 0 Å². The van der Waals surface area contributed by atoms with Gasteiger partial charge >= 0.3 is 0 Å². The van der Waals surface area contributed by atoms with E-state index in [0.717, 1.165) is 9.35 Å². The number of pyridine rings is 1. The Kier molecular flexibility index (Phi) is 4.55. The lowest BCUT2D eigenvalue weighted by molar-refractivity contribution is -0.121. The molecule has 0 aromatic carbocycles. The average molecular weight is 341 g/mol. The number of aryl methyl sites for hydroxylation is 1. The molecule has 100 valence electrons. The fraction of sp³-hybridized carbons (Fsp3) is 0.231. The van der Waals surface area contributed by atoms with Crippen LogP contribution < -0.4 is 10.9 Å². The number of nitrogens with one attached hydrogen (secondary N) is 1. The molecule has 2 aromatic heterocycles. The maximum absolute atomic E-state index is 11.8. The second-order valence-corrected chi connectivity index (χ2v) is 6.39. The number of carbonyl (C=O) groups is 1. The monoisotopic (exact) mass is 340 g/mol. The van der Waals surface area contributed by atoms with Gasteiger partial charge in [0.1, 0.15) is 6.54 Å². The van der Waals surface area contributed by atoms with Crippen LogP contribution in [0.2, 0.25) is 0 Å². The van der Waals surface area contributed by atoms with Crippen LogP contribution >= 0.6 is 27.3 Å². The Hall–Kier alpha value is -1.40. The molecule has 0 aliphatic rings. The Morgan fingerprint density at radius 3 is 2.84 bits per heavy atom.